The molecular weight excluding hydrogens is 282 g/mol. The molecule has 0 N–H and O–H groups in total. The zero-order valence-electron chi connectivity index (χ0n) is 11.8. The molecule has 106 valence electrons. The van der Waals surface area contributed by atoms with Crippen molar-refractivity contribution >= 4 is 22.5 Å². The van der Waals surface area contributed by atoms with Crippen molar-refractivity contribution in [1.29, 1.82) is 0 Å². The molecule has 0 aliphatic heterocycles. The van der Waals surface area contributed by atoms with E-state index in [0.717, 1.165) is 34.5 Å². The number of halogens is 1. The van der Waals surface area contributed by atoms with Gasteiger partial charge in [-0.2, -0.15) is 0 Å². The van der Waals surface area contributed by atoms with E-state index in [0.29, 0.717) is 5.88 Å². The lowest BCUT2D eigenvalue weighted by atomic mass is 10.1. The Labute approximate surface area is 129 Å². The molecule has 2 nitrogen and oxygen atoms in total. The average Bonchev–Trinajstić information content (AvgIpc) is 2.55. The first-order valence-corrected chi connectivity index (χ1v) is 7.55. The van der Waals surface area contributed by atoms with Gasteiger partial charge >= 0.3 is 0 Å². The fraction of sp³-hybridized carbons (Fsp3) is 0.167. The van der Waals surface area contributed by atoms with E-state index in [1.807, 2.05) is 48.5 Å². The van der Waals surface area contributed by atoms with E-state index in [1.54, 1.807) is 0 Å². The van der Waals surface area contributed by atoms with Crippen LogP contribution in [0.4, 0.5) is 0 Å². The highest BCUT2D eigenvalue weighted by Crippen LogP contribution is 2.32. The van der Waals surface area contributed by atoms with Gasteiger partial charge in [0.1, 0.15) is 11.5 Å². The molecule has 0 saturated carbocycles. The molecule has 0 bridgehead atoms. The molecule has 3 aromatic rings. The predicted octanol–water partition coefficient (Wildman–Crippen LogP) is 5.33. The van der Waals surface area contributed by atoms with E-state index in [9.17, 15) is 0 Å². The minimum atomic E-state index is 0.372. The van der Waals surface area contributed by atoms with Crippen molar-refractivity contribution in [1.82, 2.24) is 4.98 Å². The summed E-state index contributed by atoms with van der Waals surface area (Å²) in [5.74, 6) is 2.06. The van der Waals surface area contributed by atoms with Crippen LogP contribution in [0.3, 0.4) is 0 Å². The third-order valence-electron chi connectivity index (χ3n) is 3.44. The number of alkyl halides is 1. The first-order valence-electron chi connectivity index (χ1n) is 7.02. The first kappa shape index (κ1) is 13.9. The Morgan fingerprint density at radius 1 is 1.00 bits per heavy atom. The fourth-order valence-corrected chi connectivity index (χ4v) is 2.50. The Balaban J connectivity index is 2.11. The molecule has 0 saturated heterocycles. The summed E-state index contributed by atoms with van der Waals surface area (Å²) in [5, 5.41) is 0.997. The lowest BCUT2D eigenvalue weighted by Crippen LogP contribution is -1.94. The highest BCUT2D eigenvalue weighted by Gasteiger charge is 2.09. The van der Waals surface area contributed by atoms with E-state index in [-0.39, 0.29) is 0 Å². The zero-order valence-corrected chi connectivity index (χ0v) is 12.6. The quantitative estimate of drug-likeness (QED) is 0.607. The Kier molecular flexibility index (Phi) is 4.07. The van der Waals surface area contributed by atoms with Gasteiger partial charge in [-0.05, 0) is 30.2 Å². The molecule has 0 atom stereocenters. The lowest BCUT2D eigenvalue weighted by Gasteiger charge is -2.13. The third-order valence-corrected chi connectivity index (χ3v) is 3.72. The van der Waals surface area contributed by atoms with E-state index >= 15 is 0 Å². The van der Waals surface area contributed by atoms with Gasteiger partial charge in [0.05, 0.1) is 17.1 Å². The van der Waals surface area contributed by atoms with E-state index in [4.69, 9.17) is 16.3 Å². The van der Waals surface area contributed by atoms with Crippen LogP contribution in [-0.2, 0) is 12.3 Å². The maximum atomic E-state index is 6.16. The summed E-state index contributed by atoms with van der Waals surface area (Å²) in [5.41, 5.74) is 2.91. The van der Waals surface area contributed by atoms with Crippen molar-refractivity contribution in [2.45, 2.75) is 19.2 Å². The summed E-state index contributed by atoms with van der Waals surface area (Å²) in [4.78, 5) is 4.53. The second-order valence-electron chi connectivity index (χ2n) is 4.83. The second kappa shape index (κ2) is 6.15. The fourth-order valence-electron chi connectivity index (χ4n) is 2.36. The van der Waals surface area contributed by atoms with Gasteiger partial charge in [-0.3, -0.25) is 4.98 Å². The maximum absolute atomic E-state index is 6.16. The number of nitrogens with zero attached hydrogens (tertiary/aromatic N) is 1. The van der Waals surface area contributed by atoms with Gasteiger partial charge in [0.15, 0.2) is 0 Å². The molecule has 0 fully saturated rings. The molecule has 0 unspecified atom stereocenters. The summed E-state index contributed by atoms with van der Waals surface area (Å²) in [6, 6.07) is 18.0. The summed E-state index contributed by atoms with van der Waals surface area (Å²) in [7, 11) is 0. The number of aryl methyl sites for hydroxylation is 1. The third kappa shape index (κ3) is 2.86. The van der Waals surface area contributed by atoms with Gasteiger partial charge in [0.25, 0.3) is 0 Å². The molecule has 0 amide bonds. The van der Waals surface area contributed by atoms with Gasteiger partial charge in [-0.25, -0.2) is 0 Å². The van der Waals surface area contributed by atoms with Gasteiger partial charge in [0.2, 0.25) is 0 Å². The van der Waals surface area contributed by atoms with Crippen LogP contribution in [0.15, 0.2) is 54.6 Å². The molecule has 0 spiro atoms. The number of aromatic nitrogens is 1. The summed E-state index contributed by atoms with van der Waals surface area (Å²) >= 11 is 5.94. The number of rotatable bonds is 4. The van der Waals surface area contributed by atoms with Crippen LogP contribution in [-0.4, -0.2) is 4.98 Å². The standard InChI is InChI=1S/C18H16ClNO/c1-2-13-7-3-6-10-17(13)21-18-11-14(12-19)20-16-9-5-4-8-15(16)18/h3-11H,2,12H2,1H3. The minimum Gasteiger partial charge on any atom is -0.456 e. The molecule has 0 aliphatic rings. The van der Waals surface area contributed by atoms with Crippen molar-refractivity contribution < 1.29 is 4.74 Å². The topological polar surface area (TPSA) is 22.1 Å². The lowest BCUT2D eigenvalue weighted by molar-refractivity contribution is 0.481. The Bertz CT molecular complexity index is 770. The number of fused-ring (bicyclic) bond motifs is 1. The van der Waals surface area contributed by atoms with Crippen LogP contribution < -0.4 is 4.74 Å². The molecule has 1 aromatic heterocycles. The number of benzene rings is 2. The highest BCUT2D eigenvalue weighted by molar-refractivity contribution is 6.17. The maximum Gasteiger partial charge on any atom is 0.138 e. The van der Waals surface area contributed by atoms with Crippen molar-refractivity contribution in [2.24, 2.45) is 0 Å². The van der Waals surface area contributed by atoms with Crippen molar-refractivity contribution in [3.63, 3.8) is 0 Å². The van der Waals surface area contributed by atoms with E-state index in [2.05, 4.69) is 18.0 Å². The van der Waals surface area contributed by atoms with Crippen LogP contribution in [0.2, 0.25) is 0 Å². The molecular formula is C18H16ClNO. The Morgan fingerprint density at radius 3 is 2.57 bits per heavy atom. The molecule has 0 aliphatic carbocycles. The Morgan fingerprint density at radius 2 is 1.76 bits per heavy atom. The SMILES string of the molecule is CCc1ccccc1Oc1cc(CCl)nc2ccccc12. The number of hydrogen-bond acceptors (Lipinski definition) is 2. The number of pyridine rings is 1. The molecule has 3 heteroatoms. The molecule has 0 radical (unpaired) electrons. The van der Waals surface area contributed by atoms with Crippen LogP contribution in [0.25, 0.3) is 10.9 Å². The summed E-state index contributed by atoms with van der Waals surface area (Å²) in [6.07, 6.45) is 0.932. The molecule has 2 aromatic carbocycles. The Hall–Kier alpha value is -2.06. The van der Waals surface area contributed by atoms with Gasteiger partial charge < -0.3 is 4.74 Å². The van der Waals surface area contributed by atoms with Crippen LogP contribution in [0, 0.1) is 0 Å². The average molecular weight is 298 g/mol. The zero-order chi connectivity index (χ0) is 14.7. The number of ether oxygens (including phenoxy) is 1. The summed E-state index contributed by atoms with van der Waals surface area (Å²) < 4.78 is 6.16. The van der Waals surface area contributed by atoms with Crippen molar-refractivity contribution in [2.75, 3.05) is 0 Å². The predicted molar refractivity (Wildman–Crippen MR) is 87.2 cm³/mol. The van der Waals surface area contributed by atoms with Gasteiger partial charge in [0, 0.05) is 11.5 Å². The normalized spacial score (nSPS) is 10.8. The van der Waals surface area contributed by atoms with Crippen molar-refractivity contribution in [3.05, 3.63) is 65.9 Å². The van der Waals surface area contributed by atoms with Crippen LogP contribution >= 0.6 is 11.6 Å². The first-order chi connectivity index (χ1) is 10.3. The largest absolute Gasteiger partial charge is 0.456 e. The molecule has 21 heavy (non-hydrogen) atoms. The molecule has 1 heterocycles. The van der Waals surface area contributed by atoms with Crippen LogP contribution in [0.5, 0.6) is 11.5 Å². The highest BCUT2D eigenvalue weighted by atomic mass is 35.5. The number of hydrogen-bond donors (Lipinski definition) is 0. The van der Waals surface area contributed by atoms with E-state index < -0.39 is 0 Å². The smallest absolute Gasteiger partial charge is 0.138 e. The van der Waals surface area contributed by atoms with Crippen LogP contribution in [0.1, 0.15) is 18.2 Å². The number of para-hydroxylation sites is 2. The molecule has 3 rings (SSSR count). The van der Waals surface area contributed by atoms with Gasteiger partial charge in [-0.1, -0.05) is 37.3 Å². The van der Waals surface area contributed by atoms with Gasteiger partial charge in [-0.15, -0.1) is 11.6 Å². The van der Waals surface area contributed by atoms with E-state index in [1.165, 1.54) is 5.56 Å². The van der Waals surface area contributed by atoms with Crippen molar-refractivity contribution in [3.8, 4) is 11.5 Å². The minimum absolute atomic E-state index is 0.372. The second-order valence-corrected chi connectivity index (χ2v) is 5.09. The monoisotopic (exact) mass is 297 g/mol. The summed E-state index contributed by atoms with van der Waals surface area (Å²) in [6.45, 7) is 2.12.